The highest BCUT2D eigenvalue weighted by Crippen LogP contribution is 2.38. The Morgan fingerprint density at radius 3 is 3.11 bits per heavy atom. The van der Waals surface area contributed by atoms with Crippen molar-refractivity contribution < 1.29 is 14.6 Å². The van der Waals surface area contributed by atoms with Crippen LogP contribution in [0.25, 0.3) is 0 Å². The van der Waals surface area contributed by atoms with Crippen molar-refractivity contribution in [1.29, 1.82) is 0 Å². The standard InChI is InChI=1S/C11H15N5O3/c12-11-15-5-14-4-13-8(9(14)15)10(18)16(11)7-2-1-6(3-17)19-7/h4,6-7,11,17H,1-3,5,12H2. The molecule has 1 amide bonds. The molecule has 8 nitrogen and oxygen atoms in total. The van der Waals surface area contributed by atoms with E-state index >= 15 is 0 Å². The van der Waals surface area contributed by atoms with Crippen LogP contribution < -0.4 is 10.6 Å². The lowest BCUT2D eigenvalue weighted by Crippen LogP contribution is -2.66. The highest BCUT2D eigenvalue weighted by Gasteiger charge is 2.48. The number of amides is 1. The molecular formula is C11H15N5O3. The third-order valence-electron chi connectivity index (χ3n) is 4.03. The third kappa shape index (κ3) is 1.33. The number of ether oxygens (including phenoxy) is 1. The predicted octanol–water partition coefficient (Wildman–Crippen LogP) is -1.14. The van der Waals surface area contributed by atoms with Gasteiger partial charge in [0.05, 0.1) is 19.0 Å². The number of aliphatic hydroxyl groups is 1. The van der Waals surface area contributed by atoms with Crippen LogP contribution in [0.1, 0.15) is 23.3 Å². The number of nitrogens with zero attached hydrogens (tertiary/aromatic N) is 4. The molecule has 102 valence electrons. The van der Waals surface area contributed by atoms with E-state index in [-0.39, 0.29) is 24.8 Å². The second-order valence-electron chi connectivity index (χ2n) is 5.10. The minimum atomic E-state index is -0.522. The van der Waals surface area contributed by atoms with E-state index in [2.05, 4.69) is 4.98 Å². The molecule has 1 saturated heterocycles. The zero-order chi connectivity index (χ0) is 13.1. The van der Waals surface area contributed by atoms with Crippen LogP contribution in [0.3, 0.4) is 0 Å². The summed E-state index contributed by atoms with van der Waals surface area (Å²) in [6, 6.07) is 0. The zero-order valence-corrected chi connectivity index (χ0v) is 10.3. The molecule has 1 fully saturated rings. The lowest BCUT2D eigenvalue weighted by Gasteiger charge is -2.48. The van der Waals surface area contributed by atoms with Crippen molar-refractivity contribution in [2.24, 2.45) is 5.73 Å². The Balaban J connectivity index is 1.66. The lowest BCUT2D eigenvalue weighted by atomic mass is 10.2. The molecule has 3 aliphatic rings. The first-order valence-electron chi connectivity index (χ1n) is 6.37. The van der Waals surface area contributed by atoms with Crippen LogP contribution in [0.4, 0.5) is 5.82 Å². The van der Waals surface area contributed by atoms with Gasteiger partial charge in [-0.1, -0.05) is 0 Å². The minimum Gasteiger partial charge on any atom is -0.394 e. The summed E-state index contributed by atoms with van der Waals surface area (Å²) in [6.45, 7) is 0.612. The van der Waals surface area contributed by atoms with Crippen molar-refractivity contribution in [3.8, 4) is 0 Å². The van der Waals surface area contributed by atoms with Crippen LogP contribution in [-0.2, 0) is 11.4 Å². The number of hydrogen-bond donors (Lipinski definition) is 2. The van der Waals surface area contributed by atoms with Crippen molar-refractivity contribution in [3.63, 3.8) is 0 Å². The van der Waals surface area contributed by atoms with E-state index in [0.29, 0.717) is 18.8 Å². The first-order chi connectivity index (χ1) is 9.20. The number of anilines is 1. The summed E-state index contributed by atoms with van der Waals surface area (Å²) >= 11 is 0. The van der Waals surface area contributed by atoms with Crippen molar-refractivity contribution in [2.45, 2.75) is 38.1 Å². The van der Waals surface area contributed by atoms with Crippen LogP contribution in [0.15, 0.2) is 6.33 Å². The smallest absolute Gasteiger partial charge is 0.281 e. The monoisotopic (exact) mass is 265 g/mol. The number of carbonyl (C=O) groups is 1. The molecule has 3 atom stereocenters. The van der Waals surface area contributed by atoms with Gasteiger partial charge in [0.25, 0.3) is 5.91 Å². The van der Waals surface area contributed by atoms with Gasteiger partial charge < -0.3 is 14.7 Å². The fourth-order valence-corrected chi connectivity index (χ4v) is 3.01. The summed E-state index contributed by atoms with van der Waals surface area (Å²) in [7, 11) is 0. The topological polar surface area (TPSA) is 96.9 Å². The van der Waals surface area contributed by atoms with Gasteiger partial charge in [0.15, 0.2) is 12.0 Å². The van der Waals surface area contributed by atoms with Crippen molar-refractivity contribution in [3.05, 3.63) is 12.0 Å². The second kappa shape index (κ2) is 3.69. The first-order valence-corrected chi connectivity index (χ1v) is 6.37. The Hall–Kier alpha value is -1.64. The van der Waals surface area contributed by atoms with Crippen LogP contribution in [0.2, 0.25) is 0 Å². The quantitative estimate of drug-likeness (QED) is 0.701. The summed E-state index contributed by atoms with van der Waals surface area (Å²) in [4.78, 5) is 20.1. The van der Waals surface area contributed by atoms with Gasteiger partial charge in [-0.15, -0.1) is 0 Å². The highest BCUT2D eigenvalue weighted by molar-refractivity contribution is 6.00. The number of carbonyl (C=O) groups excluding carboxylic acids is 1. The molecule has 3 aliphatic heterocycles. The van der Waals surface area contributed by atoms with E-state index in [0.717, 1.165) is 12.2 Å². The van der Waals surface area contributed by atoms with Gasteiger partial charge in [-0.25, -0.2) is 4.98 Å². The SMILES string of the molecule is NC1N2Cn3cnc(c32)C(=O)N1C1CCC(CO)O1. The molecule has 1 aromatic heterocycles. The molecule has 3 unspecified atom stereocenters. The molecule has 4 rings (SSSR count). The zero-order valence-electron chi connectivity index (χ0n) is 10.3. The fourth-order valence-electron chi connectivity index (χ4n) is 3.01. The largest absolute Gasteiger partial charge is 0.394 e. The molecule has 0 aromatic carbocycles. The molecule has 1 aromatic rings. The Labute approximate surface area is 109 Å². The number of rotatable bonds is 2. The maximum atomic E-state index is 12.4. The van der Waals surface area contributed by atoms with E-state index in [1.54, 1.807) is 6.33 Å². The van der Waals surface area contributed by atoms with E-state index in [1.807, 2.05) is 9.47 Å². The summed E-state index contributed by atoms with van der Waals surface area (Å²) < 4.78 is 7.56. The van der Waals surface area contributed by atoms with Gasteiger partial charge in [-0.05, 0) is 12.8 Å². The maximum Gasteiger partial charge on any atom is 0.281 e. The van der Waals surface area contributed by atoms with Crippen LogP contribution in [-0.4, -0.2) is 50.7 Å². The summed E-state index contributed by atoms with van der Waals surface area (Å²) in [5.74, 6) is 0.603. The van der Waals surface area contributed by atoms with Crippen LogP contribution in [0, 0.1) is 0 Å². The predicted molar refractivity (Wildman–Crippen MR) is 63.8 cm³/mol. The van der Waals surface area contributed by atoms with Crippen molar-refractivity contribution in [1.82, 2.24) is 14.5 Å². The summed E-state index contributed by atoms with van der Waals surface area (Å²) in [5, 5.41) is 9.11. The average Bonchev–Trinajstić information content (AvgIpc) is 2.95. The van der Waals surface area contributed by atoms with Gasteiger partial charge in [-0.3, -0.25) is 20.0 Å². The van der Waals surface area contributed by atoms with Gasteiger partial charge in [0.2, 0.25) is 0 Å². The number of aliphatic hydroxyl groups excluding tert-OH is 1. The van der Waals surface area contributed by atoms with E-state index < -0.39 is 6.29 Å². The molecule has 3 N–H and O–H groups in total. The summed E-state index contributed by atoms with van der Waals surface area (Å²) in [6.07, 6.45) is 1.97. The Bertz CT molecular complexity index is 544. The highest BCUT2D eigenvalue weighted by atomic mass is 16.5. The molecule has 0 saturated carbocycles. The molecule has 0 aliphatic carbocycles. The summed E-state index contributed by atoms with van der Waals surface area (Å²) in [5.41, 5.74) is 6.58. The molecule has 19 heavy (non-hydrogen) atoms. The average molecular weight is 265 g/mol. The third-order valence-corrected chi connectivity index (χ3v) is 4.03. The van der Waals surface area contributed by atoms with E-state index in [1.165, 1.54) is 4.90 Å². The Kier molecular flexibility index (Phi) is 2.17. The van der Waals surface area contributed by atoms with E-state index in [4.69, 9.17) is 15.6 Å². The van der Waals surface area contributed by atoms with Gasteiger partial charge in [0.1, 0.15) is 18.7 Å². The normalized spacial score (nSPS) is 32.5. The van der Waals surface area contributed by atoms with Crippen LogP contribution >= 0.6 is 0 Å². The Morgan fingerprint density at radius 1 is 1.53 bits per heavy atom. The molecule has 0 spiro atoms. The molecular weight excluding hydrogens is 250 g/mol. The second-order valence-corrected chi connectivity index (χ2v) is 5.10. The molecule has 0 bridgehead atoms. The van der Waals surface area contributed by atoms with Crippen LogP contribution in [0.5, 0.6) is 0 Å². The molecule has 8 heteroatoms. The number of aromatic nitrogens is 2. The van der Waals surface area contributed by atoms with Gasteiger partial charge >= 0.3 is 0 Å². The number of imidazole rings is 1. The van der Waals surface area contributed by atoms with E-state index in [9.17, 15) is 4.79 Å². The number of hydrogen-bond acceptors (Lipinski definition) is 6. The molecule has 4 heterocycles. The fraction of sp³-hybridized carbons (Fsp3) is 0.636. The van der Waals surface area contributed by atoms with Gasteiger partial charge in [0, 0.05) is 0 Å². The van der Waals surface area contributed by atoms with Gasteiger partial charge in [-0.2, -0.15) is 0 Å². The van der Waals surface area contributed by atoms with Crippen molar-refractivity contribution in [2.75, 3.05) is 11.5 Å². The maximum absolute atomic E-state index is 12.4. The lowest BCUT2D eigenvalue weighted by molar-refractivity contribution is -0.0721. The van der Waals surface area contributed by atoms with Crippen molar-refractivity contribution >= 4 is 11.7 Å². The first kappa shape index (κ1) is 11.2. The molecule has 0 radical (unpaired) electrons. The minimum absolute atomic E-state index is 0.0304. The number of nitrogens with two attached hydrogens (primary N) is 1. The Morgan fingerprint density at radius 2 is 2.37 bits per heavy atom.